The number of hydrogen-bond acceptors (Lipinski definition) is 4. The van der Waals surface area contributed by atoms with Gasteiger partial charge in [-0.3, -0.25) is 0 Å². The molecule has 1 aromatic carbocycles. The van der Waals surface area contributed by atoms with Crippen LogP contribution in [0.4, 0.5) is 0 Å². The monoisotopic (exact) mass is 459 g/mol. The average Bonchev–Trinajstić information content (AvgIpc) is 3.19. The van der Waals surface area contributed by atoms with E-state index in [0.717, 1.165) is 24.2 Å². The molecular weight excluding hydrogens is 421 g/mol. The Kier molecular flexibility index (Phi) is 6.81. The lowest BCUT2D eigenvalue weighted by Crippen LogP contribution is -2.39. The summed E-state index contributed by atoms with van der Waals surface area (Å²) < 4.78 is 28.5. The van der Waals surface area contributed by atoms with Gasteiger partial charge in [-0.2, -0.15) is 4.31 Å². The molecule has 0 atom stereocenters. The molecule has 0 aromatic heterocycles. The van der Waals surface area contributed by atoms with E-state index in [0.29, 0.717) is 18.0 Å². The molecule has 0 unspecified atom stereocenters. The fourth-order valence-corrected chi connectivity index (χ4v) is 6.95. The van der Waals surface area contributed by atoms with Crippen LogP contribution in [0.3, 0.4) is 0 Å². The third-order valence-electron chi connectivity index (χ3n) is 7.29. The molecule has 5 nitrogen and oxygen atoms in total. The van der Waals surface area contributed by atoms with Gasteiger partial charge in [-0.1, -0.05) is 63.2 Å². The summed E-state index contributed by atoms with van der Waals surface area (Å²) in [6, 6.07) is 7.19. The Bertz CT molecular complexity index is 971. The highest BCUT2D eigenvalue weighted by Gasteiger charge is 2.39. The van der Waals surface area contributed by atoms with E-state index in [1.807, 2.05) is 19.1 Å². The summed E-state index contributed by atoms with van der Waals surface area (Å²) in [6.45, 7) is 16.8. The highest BCUT2D eigenvalue weighted by molar-refractivity contribution is 7.89. The predicted octanol–water partition coefficient (Wildman–Crippen LogP) is 3.80. The van der Waals surface area contributed by atoms with Crippen LogP contribution in [0.2, 0.25) is 18.1 Å². The van der Waals surface area contributed by atoms with E-state index < -0.39 is 18.1 Å². The van der Waals surface area contributed by atoms with Crippen molar-refractivity contribution >= 4 is 25.1 Å². The van der Waals surface area contributed by atoms with Gasteiger partial charge in [0, 0.05) is 26.2 Å². The van der Waals surface area contributed by atoms with Crippen LogP contribution in [-0.2, 0) is 10.0 Å². The van der Waals surface area contributed by atoms with Crippen LogP contribution in [0, 0.1) is 6.92 Å². The van der Waals surface area contributed by atoms with Gasteiger partial charge in [-0.15, -0.1) is 0 Å². The van der Waals surface area contributed by atoms with Crippen molar-refractivity contribution < 1.29 is 8.42 Å². The molecule has 0 saturated carbocycles. The van der Waals surface area contributed by atoms with Gasteiger partial charge in [0.05, 0.1) is 13.0 Å². The Morgan fingerprint density at radius 2 is 1.48 bits per heavy atom. The van der Waals surface area contributed by atoms with E-state index in [4.69, 9.17) is 0 Å². The topological polar surface area (TPSA) is 43.9 Å². The third kappa shape index (κ3) is 5.09. The molecule has 0 radical (unpaired) electrons. The van der Waals surface area contributed by atoms with Crippen LogP contribution in [-0.4, -0.2) is 77.7 Å². The van der Waals surface area contributed by atoms with Gasteiger partial charge in [0.2, 0.25) is 10.0 Å². The fraction of sp³-hybridized carbons (Fsp3) is 0.565. The van der Waals surface area contributed by atoms with Crippen molar-refractivity contribution in [3.05, 3.63) is 52.6 Å². The van der Waals surface area contributed by atoms with Gasteiger partial charge in [-0.25, -0.2) is 8.42 Å². The molecule has 0 N–H and O–H groups in total. The fourth-order valence-electron chi connectivity index (χ4n) is 3.97. The van der Waals surface area contributed by atoms with Crippen LogP contribution in [0.15, 0.2) is 52.0 Å². The van der Waals surface area contributed by atoms with Crippen LogP contribution >= 0.6 is 0 Å². The van der Waals surface area contributed by atoms with Crippen molar-refractivity contribution in [3.63, 3.8) is 0 Å². The largest absolute Gasteiger partial charge is 0.338 e. The number of sulfonamides is 1. The molecule has 170 valence electrons. The van der Waals surface area contributed by atoms with Crippen LogP contribution in [0.1, 0.15) is 26.3 Å². The van der Waals surface area contributed by atoms with Crippen molar-refractivity contribution in [2.45, 2.75) is 50.7 Å². The number of rotatable bonds is 4. The van der Waals surface area contributed by atoms with Gasteiger partial charge in [-0.05, 0) is 49.3 Å². The SMILES string of the molecule is Cc1ccc(S(=O)(=O)N2CC(=CB3N(C)CCN3C)C(=C[Si](C)(C)C(C)(C)C)C2)cc1. The molecular formula is C23H38BN3O2SSi. The Balaban J connectivity index is 2.02. The minimum Gasteiger partial charge on any atom is -0.326 e. The van der Waals surface area contributed by atoms with Crippen molar-refractivity contribution in [3.8, 4) is 0 Å². The number of hydrogen-bond donors (Lipinski definition) is 0. The second-order valence-corrected chi connectivity index (χ2v) is 18.0. The standard InChI is InChI=1S/C23H38BN3O2SSi/c1-19-9-11-22(12-10-19)30(28,29)27-16-20(15-24-25(5)13-14-26(24)6)21(17-27)18-31(7,8)23(2,3)4/h9-12,15,18H,13-14,16-17H2,1-8H3. The summed E-state index contributed by atoms with van der Waals surface area (Å²) in [7, 11) is -0.987. The maximum absolute atomic E-state index is 13.4. The molecule has 3 rings (SSSR count). The Labute approximate surface area is 191 Å². The average molecular weight is 460 g/mol. The summed E-state index contributed by atoms with van der Waals surface area (Å²) >= 11 is 0. The predicted molar refractivity (Wildman–Crippen MR) is 134 cm³/mol. The molecule has 2 saturated heterocycles. The molecule has 0 aliphatic carbocycles. The van der Waals surface area contributed by atoms with Crippen molar-refractivity contribution in [2.24, 2.45) is 0 Å². The highest BCUT2D eigenvalue weighted by atomic mass is 32.2. The molecule has 0 amide bonds. The zero-order valence-corrected chi connectivity index (χ0v) is 22.3. The maximum Gasteiger partial charge on any atom is 0.338 e. The van der Waals surface area contributed by atoms with E-state index in [-0.39, 0.29) is 12.0 Å². The first kappa shape index (κ1) is 24.5. The molecule has 0 bridgehead atoms. The first-order chi connectivity index (χ1) is 14.2. The molecule has 8 heteroatoms. The van der Waals surface area contributed by atoms with E-state index >= 15 is 0 Å². The summed E-state index contributed by atoms with van der Waals surface area (Å²) in [4.78, 5) is 5.03. The summed E-state index contributed by atoms with van der Waals surface area (Å²) in [6.07, 6.45) is 0. The zero-order valence-electron chi connectivity index (χ0n) is 20.4. The van der Waals surface area contributed by atoms with Gasteiger partial charge >= 0.3 is 6.98 Å². The number of benzene rings is 1. The second kappa shape index (κ2) is 8.63. The van der Waals surface area contributed by atoms with Crippen LogP contribution in [0.25, 0.3) is 0 Å². The molecule has 2 fully saturated rings. The summed E-state index contributed by atoms with van der Waals surface area (Å²) in [5.74, 6) is 2.29. The first-order valence-corrected chi connectivity index (χ1v) is 15.6. The van der Waals surface area contributed by atoms with Gasteiger partial charge in [0.15, 0.2) is 0 Å². The highest BCUT2D eigenvalue weighted by Crippen LogP contribution is 2.39. The quantitative estimate of drug-likeness (QED) is 0.643. The maximum atomic E-state index is 13.4. The zero-order chi connectivity index (χ0) is 23.2. The normalized spacial score (nSPS) is 22.9. The van der Waals surface area contributed by atoms with Crippen molar-refractivity contribution in [1.29, 1.82) is 0 Å². The molecule has 2 aliphatic heterocycles. The molecule has 0 spiro atoms. The smallest absolute Gasteiger partial charge is 0.326 e. The van der Waals surface area contributed by atoms with Gasteiger partial charge in [0.1, 0.15) is 0 Å². The van der Waals surface area contributed by atoms with Gasteiger partial charge in [0.25, 0.3) is 0 Å². The van der Waals surface area contributed by atoms with Crippen molar-refractivity contribution in [1.82, 2.24) is 13.9 Å². The third-order valence-corrected chi connectivity index (χ3v) is 14.0. The van der Waals surface area contributed by atoms with Crippen molar-refractivity contribution in [2.75, 3.05) is 40.3 Å². The molecule has 2 heterocycles. The Morgan fingerprint density at radius 1 is 0.968 bits per heavy atom. The minimum absolute atomic E-state index is 0.204. The van der Waals surface area contributed by atoms with E-state index in [2.05, 4.69) is 69.3 Å². The second-order valence-electron chi connectivity index (χ2n) is 10.8. The van der Waals surface area contributed by atoms with Gasteiger partial charge < -0.3 is 9.62 Å². The van der Waals surface area contributed by atoms with E-state index in [9.17, 15) is 8.42 Å². The molecule has 1 aromatic rings. The van der Waals surface area contributed by atoms with Crippen LogP contribution < -0.4 is 0 Å². The van der Waals surface area contributed by atoms with E-state index in [1.165, 1.54) is 5.57 Å². The molecule has 2 aliphatic rings. The molecule has 31 heavy (non-hydrogen) atoms. The lowest BCUT2D eigenvalue weighted by Gasteiger charge is -2.35. The summed E-state index contributed by atoms with van der Waals surface area (Å²) in [5.41, 5.74) is 5.85. The van der Waals surface area contributed by atoms with Crippen LogP contribution in [0.5, 0.6) is 0 Å². The Hall–Kier alpha value is -1.19. The first-order valence-electron chi connectivity index (χ1n) is 11.1. The summed E-state index contributed by atoms with van der Waals surface area (Å²) in [5, 5.41) is 0.204. The number of aryl methyl sites for hydroxylation is 1. The number of nitrogens with zero attached hydrogens (tertiary/aromatic N) is 3. The minimum atomic E-state index is -3.53. The lowest BCUT2D eigenvalue weighted by molar-refractivity contribution is 0.489. The Morgan fingerprint density at radius 3 is 2.00 bits per heavy atom. The lowest BCUT2D eigenvalue weighted by atomic mass is 9.72. The number of likely N-dealkylation sites (N-methyl/N-ethyl adjacent to an activating group) is 2. The van der Waals surface area contributed by atoms with E-state index in [1.54, 1.807) is 16.4 Å².